The van der Waals surface area contributed by atoms with Crippen LogP contribution in [0.15, 0.2) is 28.7 Å². The largest absolute Gasteiger partial charge is 0.470 e. The van der Waals surface area contributed by atoms with Gasteiger partial charge in [0.2, 0.25) is 5.89 Å². The molecule has 0 bridgehead atoms. The van der Waals surface area contributed by atoms with Crippen LogP contribution in [0.2, 0.25) is 0 Å². The molecule has 0 unspecified atom stereocenters. The lowest BCUT2D eigenvalue weighted by atomic mass is 10.1. The molecule has 3 nitrogen and oxygen atoms in total. The second-order valence-corrected chi connectivity index (χ2v) is 3.28. The fraction of sp³-hybridized carbons (Fsp3) is 0.200. The predicted octanol–water partition coefficient (Wildman–Crippen LogP) is 3.06. The van der Waals surface area contributed by atoms with Gasteiger partial charge in [-0.25, -0.2) is 0 Å². The molecule has 0 aliphatic carbocycles. The summed E-state index contributed by atoms with van der Waals surface area (Å²) in [6.45, 7) is 1.82. The highest BCUT2D eigenvalue weighted by molar-refractivity contribution is 5.53. The van der Waals surface area contributed by atoms with E-state index in [1.165, 1.54) is 0 Å². The zero-order valence-electron chi connectivity index (χ0n) is 8.25. The number of rotatable bonds is 1. The van der Waals surface area contributed by atoms with Gasteiger partial charge in [0.05, 0.1) is 0 Å². The standard InChI is InChI=1S/C10H7F3N2O/c1-6-3-2-4-7(5-6)8-14-15-9(16-8)10(11,12)13/h2-5H,1H3. The van der Waals surface area contributed by atoms with Crippen LogP contribution >= 0.6 is 0 Å². The van der Waals surface area contributed by atoms with Crippen molar-refractivity contribution in [1.29, 1.82) is 0 Å². The van der Waals surface area contributed by atoms with Gasteiger partial charge in [-0.05, 0) is 19.1 Å². The van der Waals surface area contributed by atoms with E-state index in [0.29, 0.717) is 5.56 Å². The molecule has 0 saturated carbocycles. The first-order valence-electron chi connectivity index (χ1n) is 4.44. The maximum atomic E-state index is 12.2. The summed E-state index contributed by atoms with van der Waals surface area (Å²) in [7, 11) is 0. The van der Waals surface area contributed by atoms with Crippen molar-refractivity contribution in [3.63, 3.8) is 0 Å². The molecule has 0 atom stereocenters. The number of halogens is 3. The summed E-state index contributed by atoms with van der Waals surface area (Å²) >= 11 is 0. The highest BCUT2D eigenvalue weighted by Crippen LogP contribution is 2.30. The van der Waals surface area contributed by atoms with Crippen LogP contribution in [0.25, 0.3) is 11.5 Å². The molecule has 2 aromatic rings. The Kier molecular flexibility index (Phi) is 2.41. The average molecular weight is 228 g/mol. The minimum absolute atomic E-state index is 0.129. The molecule has 1 heterocycles. The third kappa shape index (κ3) is 2.05. The summed E-state index contributed by atoms with van der Waals surface area (Å²) in [6.07, 6.45) is -4.60. The van der Waals surface area contributed by atoms with Gasteiger partial charge in [0.1, 0.15) is 0 Å². The van der Waals surface area contributed by atoms with Gasteiger partial charge in [0.15, 0.2) is 0 Å². The Bertz CT molecular complexity index is 505. The first-order chi connectivity index (χ1) is 7.47. The van der Waals surface area contributed by atoms with E-state index < -0.39 is 12.1 Å². The molecule has 0 fully saturated rings. The lowest BCUT2D eigenvalue weighted by Gasteiger charge is -1.98. The van der Waals surface area contributed by atoms with Crippen molar-refractivity contribution in [3.8, 4) is 11.5 Å². The smallest absolute Gasteiger partial charge is 0.413 e. The fourth-order valence-electron chi connectivity index (χ4n) is 1.23. The molecule has 6 heteroatoms. The van der Waals surface area contributed by atoms with Gasteiger partial charge < -0.3 is 4.42 Å². The summed E-state index contributed by atoms with van der Waals surface area (Å²) in [4.78, 5) is 0. The molecule has 0 N–H and O–H groups in total. The molecule has 1 aromatic carbocycles. The van der Waals surface area contributed by atoms with Gasteiger partial charge in [-0.2, -0.15) is 13.2 Å². The summed E-state index contributed by atoms with van der Waals surface area (Å²) < 4.78 is 41.1. The van der Waals surface area contributed by atoms with Crippen LogP contribution in [0.4, 0.5) is 13.2 Å². The normalized spacial score (nSPS) is 11.8. The van der Waals surface area contributed by atoms with Crippen LogP contribution in [0.3, 0.4) is 0 Å². The first-order valence-corrected chi connectivity index (χ1v) is 4.44. The van der Waals surface area contributed by atoms with Crippen molar-refractivity contribution in [2.45, 2.75) is 13.1 Å². The zero-order chi connectivity index (χ0) is 11.8. The van der Waals surface area contributed by atoms with Crippen LogP contribution in [0.1, 0.15) is 11.5 Å². The van der Waals surface area contributed by atoms with E-state index >= 15 is 0 Å². The third-order valence-electron chi connectivity index (χ3n) is 1.93. The third-order valence-corrected chi connectivity index (χ3v) is 1.93. The van der Waals surface area contributed by atoms with Crippen LogP contribution in [-0.2, 0) is 6.18 Å². The molecule has 2 rings (SSSR count). The fourth-order valence-corrected chi connectivity index (χ4v) is 1.23. The minimum atomic E-state index is -4.60. The number of hydrogen-bond donors (Lipinski definition) is 0. The van der Waals surface area contributed by atoms with E-state index in [0.717, 1.165) is 5.56 Å². The quantitative estimate of drug-likeness (QED) is 0.752. The summed E-state index contributed by atoms with van der Waals surface area (Å²) in [6, 6.07) is 6.82. The molecule has 84 valence electrons. The van der Waals surface area contributed by atoms with Crippen molar-refractivity contribution in [1.82, 2.24) is 10.2 Å². The second kappa shape index (κ2) is 3.62. The van der Waals surface area contributed by atoms with Crippen LogP contribution in [-0.4, -0.2) is 10.2 Å². The first kappa shape index (κ1) is 10.7. The van der Waals surface area contributed by atoms with E-state index in [2.05, 4.69) is 14.6 Å². The molecule has 0 aliphatic rings. The molecule has 0 spiro atoms. The Labute approximate surface area is 88.9 Å². The number of hydrogen-bond acceptors (Lipinski definition) is 3. The van der Waals surface area contributed by atoms with Crippen molar-refractivity contribution >= 4 is 0 Å². The van der Waals surface area contributed by atoms with Crippen molar-refractivity contribution in [2.75, 3.05) is 0 Å². The summed E-state index contributed by atoms with van der Waals surface area (Å²) in [5.74, 6) is -1.46. The van der Waals surface area contributed by atoms with Gasteiger partial charge in [-0.15, -0.1) is 10.2 Å². The lowest BCUT2D eigenvalue weighted by molar-refractivity contribution is -0.156. The van der Waals surface area contributed by atoms with Gasteiger partial charge in [-0.1, -0.05) is 17.7 Å². The molecule has 1 aromatic heterocycles. The lowest BCUT2D eigenvalue weighted by Crippen LogP contribution is -2.04. The van der Waals surface area contributed by atoms with E-state index in [4.69, 9.17) is 0 Å². The molecular weight excluding hydrogens is 221 g/mol. The van der Waals surface area contributed by atoms with Crippen molar-refractivity contribution in [2.24, 2.45) is 0 Å². The second-order valence-electron chi connectivity index (χ2n) is 3.28. The topological polar surface area (TPSA) is 38.9 Å². The average Bonchev–Trinajstić information content (AvgIpc) is 2.65. The van der Waals surface area contributed by atoms with Crippen LogP contribution in [0, 0.1) is 6.92 Å². The van der Waals surface area contributed by atoms with Gasteiger partial charge in [0, 0.05) is 5.56 Å². The Morgan fingerprint density at radius 3 is 2.50 bits per heavy atom. The van der Waals surface area contributed by atoms with E-state index in [9.17, 15) is 13.2 Å². The number of alkyl halides is 3. The Morgan fingerprint density at radius 1 is 1.19 bits per heavy atom. The van der Waals surface area contributed by atoms with Crippen molar-refractivity contribution < 1.29 is 17.6 Å². The van der Waals surface area contributed by atoms with E-state index in [1.807, 2.05) is 13.0 Å². The molecule has 0 radical (unpaired) electrons. The number of aromatic nitrogens is 2. The van der Waals surface area contributed by atoms with Crippen LogP contribution < -0.4 is 0 Å². The number of nitrogens with zero attached hydrogens (tertiary/aromatic N) is 2. The Hall–Kier alpha value is -1.85. The highest BCUT2D eigenvalue weighted by Gasteiger charge is 2.38. The van der Waals surface area contributed by atoms with Crippen LogP contribution in [0.5, 0.6) is 0 Å². The maximum Gasteiger partial charge on any atom is 0.470 e. The van der Waals surface area contributed by atoms with E-state index in [-0.39, 0.29) is 5.89 Å². The molecule has 0 aliphatic heterocycles. The summed E-state index contributed by atoms with van der Waals surface area (Å²) in [5, 5.41) is 6.31. The highest BCUT2D eigenvalue weighted by atomic mass is 19.4. The maximum absolute atomic E-state index is 12.2. The number of aryl methyl sites for hydroxylation is 1. The number of benzene rings is 1. The van der Waals surface area contributed by atoms with Gasteiger partial charge >= 0.3 is 12.1 Å². The van der Waals surface area contributed by atoms with Gasteiger partial charge in [0.25, 0.3) is 0 Å². The predicted molar refractivity (Wildman–Crippen MR) is 49.5 cm³/mol. The molecular formula is C10H7F3N2O. The zero-order valence-corrected chi connectivity index (χ0v) is 8.25. The SMILES string of the molecule is Cc1cccc(-c2nnc(C(F)(F)F)o2)c1. The molecule has 16 heavy (non-hydrogen) atoms. The van der Waals surface area contributed by atoms with Gasteiger partial charge in [-0.3, -0.25) is 0 Å². The summed E-state index contributed by atoms with van der Waals surface area (Å²) in [5.41, 5.74) is 1.38. The Balaban J connectivity index is 2.39. The van der Waals surface area contributed by atoms with E-state index in [1.54, 1.807) is 18.2 Å². The Morgan fingerprint density at radius 2 is 1.94 bits per heavy atom. The molecule has 0 saturated heterocycles. The van der Waals surface area contributed by atoms with Crippen molar-refractivity contribution in [3.05, 3.63) is 35.7 Å². The molecule has 0 amide bonds. The minimum Gasteiger partial charge on any atom is -0.413 e. The monoisotopic (exact) mass is 228 g/mol.